The molecule has 0 bridgehead atoms. The Kier molecular flexibility index (Phi) is 5.22. The molecule has 0 saturated carbocycles. The molecule has 2 rings (SSSR count). The molecule has 0 saturated heterocycles. The first-order valence-electron chi connectivity index (χ1n) is 6.69. The van der Waals surface area contributed by atoms with E-state index in [0.29, 0.717) is 16.8 Å². The van der Waals surface area contributed by atoms with E-state index >= 15 is 0 Å². The monoisotopic (exact) mass is 315 g/mol. The SMILES string of the molecule is COC(=O)c1cccc(NC(=O)c2cc(SC)ccc2C)c1. The molecule has 1 N–H and O–H groups in total. The van der Waals surface area contributed by atoms with Crippen molar-refractivity contribution in [3.8, 4) is 0 Å². The van der Waals surface area contributed by atoms with E-state index in [-0.39, 0.29) is 5.91 Å². The van der Waals surface area contributed by atoms with E-state index in [1.54, 1.807) is 36.0 Å². The van der Waals surface area contributed by atoms with Crippen LogP contribution in [0, 0.1) is 6.92 Å². The van der Waals surface area contributed by atoms with Crippen LogP contribution in [0.25, 0.3) is 0 Å². The number of aryl methyl sites for hydroxylation is 1. The summed E-state index contributed by atoms with van der Waals surface area (Å²) in [6.45, 7) is 1.89. The molecule has 0 fully saturated rings. The lowest BCUT2D eigenvalue weighted by atomic mass is 10.1. The van der Waals surface area contributed by atoms with Gasteiger partial charge in [0.25, 0.3) is 5.91 Å². The van der Waals surface area contributed by atoms with Crippen molar-refractivity contribution in [3.63, 3.8) is 0 Å². The Morgan fingerprint density at radius 1 is 1.14 bits per heavy atom. The zero-order valence-electron chi connectivity index (χ0n) is 12.7. The molecule has 1 amide bonds. The summed E-state index contributed by atoms with van der Waals surface area (Å²) in [4.78, 5) is 25.0. The van der Waals surface area contributed by atoms with Crippen LogP contribution in [-0.2, 0) is 4.74 Å². The summed E-state index contributed by atoms with van der Waals surface area (Å²) in [6, 6.07) is 12.4. The van der Waals surface area contributed by atoms with Crippen LogP contribution in [0.3, 0.4) is 0 Å². The van der Waals surface area contributed by atoms with Crippen molar-refractivity contribution < 1.29 is 14.3 Å². The Morgan fingerprint density at radius 2 is 1.91 bits per heavy atom. The summed E-state index contributed by atoms with van der Waals surface area (Å²) >= 11 is 1.58. The number of amides is 1. The maximum Gasteiger partial charge on any atom is 0.337 e. The third-order valence-electron chi connectivity index (χ3n) is 3.23. The molecule has 0 atom stereocenters. The molecule has 0 aliphatic rings. The Hall–Kier alpha value is -2.27. The molecule has 114 valence electrons. The number of rotatable bonds is 4. The highest BCUT2D eigenvalue weighted by Crippen LogP contribution is 2.20. The van der Waals surface area contributed by atoms with Gasteiger partial charge in [-0.2, -0.15) is 0 Å². The molecule has 0 heterocycles. The molecular weight excluding hydrogens is 298 g/mol. The van der Waals surface area contributed by atoms with Gasteiger partial charge in [-0.3, -0.25) is 4.79 Å². The van der Waals surface area contributed by atoms with E-state index in [1.807, 2.05) is 31.4 Å². The van der Waals surface area contributed by atoms with Gasteiger partial charge in [0, 0.05) is 16.1 Å². The quantitative estimate of drug-likeness (QED) is 0.689. The van der Waals surface area contributed by atoms with E-state index in [1.165, 1.54) is 7.11 Å². The average molecular weight is 315 g/mol. The zero-order valence-corrected chi connectivity index (χ0v) is 13.5. The van der Waals surface area contributed by atoms with Crippen molar-refractivity contribution in [2.45, 2.75) is 11.8 Å². The zero-order chi connectivity index (χ0) is 16.1. The van der Waals surface area contributed by atoms with Gasteiger partial charge in [-0.25, -0.2) is 4.79 Å². The van der Waals surface area contributed by atoms with Crippen LogP contribution in [0.1, 0.15) is 26.3 Å². The second kappa shape index (κ2) is 7.13. The highest BCUT2D eigenvalue weighted by Gasteiger charge is 2.12. The second-order valence-electron chi connectivity index (χ2n) is 4.71. The van der Waals surface area contributed by atoms with Crippen molar-refractivity contribution >= 4 is 29.3 Å². The molecule has 5 heteroatoms. The van der Waals surface area contributed by atoms with Gasteiger partial charge in [0.15, 0.2) is 0 Å². The van der Waals surface area contributed by atoms with Gasteiger partial charge in [0.05, 0.1) is 12.7 Å². The van der Waals surface area contributed by atoms with Gasteiger partial charge >= 0.3 is 5.97 Å². The average Bonchev–Trinajstić information content (AvgIpc) is 2.54. The van der Waals surface area contributed by atoms with Gasteiger partial charge < -0.3 is 10.1 Å². The van der Waals surface area contributed by atoms with Crippen LogP contribution in [0.2, 0.25) is 0 Å². The molecule has 0 aromatic heterocycles. The highest BCUT2D eigenvalue weighted by molar-refractivity contribution is 7.98. The second-order valence-corrected chi connectivity index (χ2v) is 5.59. The van der Waals surface area contributed by atoms with Gasteiger partial charge in [0.2, 0.25) is 0 Å². The lowest BCUT2D eigenvalue weighted by Crippen LogP contribution is -2.14. The van der Waals surface area contributed by atoms with Gasteiger partial charge in [-0.1, -0.05) is 12.1 Å². The van der Waals surface area contributed by atoms with E-state index in [9.17, 15) is 9.59 Å². The number of ether oxygens (including phenoxy) is 1. The number of hydrogen-bond donors (Lipinski definition) is 1. The molecule has 2 aromatic carbocycles. The largest absolute Gasteiger partial charge is 0.465 e. The predicted molar refractivity (Wildman–Crippen MR) is 88.7 cm³/mol. The number of benzene rings is 2. The maximum absolute atomic E-state index is 12.4. The minimum Gasteiger partial charge on any atom is -0.465 e. The molecule has 4 nitrogen and oxygen atoms in total. The molecule has 0 spiro atoms. The molecule has 0 unspecified atom stereocenters. The Labute approximate surface area is 133 Å². The summed E-state index contributed by atoms with van der Waals surface area (Å²) in [7, 11) is 1.32. The third-order valence-corrected chi connectivity index (χ3v) is 3.96. The van der Waals surface area contributed by atoms with Crippen LogP contribution in [0.5, 0.6) is 0 Å². The van der Waals surface area contributed by atoms with Crippen molar-refractivity contribution in [1.82, 2.24) is 0 Å². The number of anilines is 1. The standard InChI is InChI=1S/C17H17NO3S/c1-11-7-8-14(22-3)10-15(11)16(19)18-13-6-4-5-12(9-13)17(20)21-2/h4-10H,1-3H3,(H,18,19). The van der Waals surface area contributed by atoms with Crippen LogP contribution in [0.15, 0.2) is 47.4 Å². The third kappa shape index (κ3) is 3.68. The van der Waals surface area contributed by atoms with E-state index in [0.717, 1.165) is 10.5 Å². The number of carbonyl (C=O) groups excluding carboxylic acids is 2. The summed E-state index contributed by atoms with van der Waals surface area (Å²) in [5, 5.41) is 2.81. The summed E-state index contributed by atoms with van der Waals surface area (Å²) in [6.07, 6.45) is 1.96. The summed E-state index contributed by atoms with van der Waals surface area (Å²) in [5.74, 6) is -0.632. The number of esters is 1. The summed E-state index contributed by atoms with van der Waals surface area (Å²) < 4.78 is 4.68. The normalized spacial score (nSPS) is 10.1. The fraction of sp³-hybridized carbons (Fsp3) is 0.176. The fourth-order valence-corrected chi connectivity index (χ4v) is 2.45. The first kappa shape index (κ1) is 16.1. The number of hydrogen-bond acceptors (Lipinski definition) is 4. The topological polar surface area (TPSA) is 55.4 Å². The van der Waals surface area contributed by atoms with Crippen LogP contribution < -0.4 is 5.32 Å². The highest BCUT2D eigenvalue weighted by atomic mass is 32.2. The van der Waals surface area contributed by atoms with E-state index in [4.69, 9.17) is 0 Å². The lowest BCUT2D eigenvalue weighted by Gasteiger charge is -2.10. The first-order valence-corrected chi connectivity index (χ1v) is 7.92. The van der Waals surface area contributed by atoms with Crippen molar-refractivity contribution in [2.24, 2.45) is 0 Å². The van der Waals surface area contributed by atoms with Crippen LogP contribution in [-0.4, -0.2) is 25.2 Å². The number of thioether (sulfide) groups is 1. The minimum atomic E-state index is -0.434. The van der Waals surface area contributed by atoms with Crippen molar-refractivity contribution in [3.05, 3.63) is 59.2 Å². The predicted octanol–water partition coefficient (Wildman–Crippen LogP) is 3.76. The number of carbonyl (C=O) groups is 2. The van der Waals surface area contributed by atoms with Crippen LogP contribution in [0.4, 0.5) is 5.69 Å². The molecule has 2 aromatic rings. The Bertz CT molecular complexity index is 713. The smallest absolute Gasteiger partial charge is 0.337 e. The molecule has 0 aliphatic heterocycles. The van der Waals surface area contributed by atoms with Crippen LogP contribution >= 0.6 is 11.8 Å². The molecule has 0 aliphatic carbocycles. The molecule has 22 heavy (non-hydrogen) atoms. The summed E-state index contributed by atoms with van der Waals surface area (Å²) in [5.41, 5.74) is 2.48. The lowest BCUT2D eigenvalue weighted by molar-refractivity contribution is 0.0600. The van der Waals surface area contributed by atoms with Crippen molar-refractivity contribution in [2.75, 3.05) is 18.7 Å². The fourth-order valence-electron chi connectivity index (χ4n) is 2.01. The Morgan fingerprint density at radius 3 is 2.59 bits per heavy atom. The maximum atomic E-state index is 12.4. The molecular formula is C17H17NO3S. The van der Waals surface area contributed by atoms with E-state index in [2.05, 4.69) is 10.1 Å². The first-order chi connectivity index (χ1) is 10.5. The number of nitrogens with one attached hydrogen (secondary N) is 1. The van der Waals surface area contributed by atoms with Gasteiger partial charge in [-0.05, 0) is 49.1 Å². The minimum absolute atomic E-state index is 0.199. The van der Waals surface area contributed by atoms with Crippen molar-refractivity contribution in [1.29, 1.82) is 0 Å². The van der Waals surface area contributed by atoms with Gasteiger partial charge in [0.1, 0.15) is 0 Å². The van der Waals surface area contributed by atoms with E-state index < -0.39 is 5.97 Å². The number of methoxy groups -OCH3 is 1. The Balaban J connectivity index is 2.24. The van der Waals surface area contributed by atoms with Gasteiger partial charge in [-0.15, -0.1) is 11.8 Å². The molecule has 0 radical (unpaired) electrons.